The lowest BCUT2D eigenvalue weighted by Gasteiger charge is -2.19. The molecule has 0 saturated carbocycles. The first kappa shape index (κ1) is 18.9. The van der Waals surface area contributed by atoms with Crippen LogP contribution in [0.15, 0.2) is 12.2 Å². The van der Waals surface area contributed by atoms with E-state index in [0.717, 1.165) is 12.2 Å². The molecule has 124 valence electrons. The summed E-state index contributed by atoms with van der Waals surface area (Å²) in [6.07, 6.45) is 5.93. The molecule has 1 rings (SSSR count). The number of ether oxygens (including phenoxy) is 1. The Morgan fingerprint density at radius 3 is 2.68 bits per heavy atom. The van der Waals surface area contributed by atoms with Gasteiger partial charge in [0.2, 0.25) is 11.8 Å². The lowest BCUT2D eigenvalue weighted by Crippen LogP contribution is -2.51. The molecule has 6 nitrogen and oxygen atoms in total. The van der Waals surface area contributed by atoms with Crippen molar-refractivity contribution in [3.63, 3.8) is 0 Å². The number of nitrogens with one attached hydrogen (secondary N) is 2. The van der Waals surface area contributed by atoms with Gasteiger partial charge in [-0.1, -0.05) is 33.7 Å². The minimum Gasteiger partial charge on any atom is -0.467 e. The first-order chi connectivity index (χ1) is 10.5. The molecule has 22 heavy (non-hydrogen) atoms. The zero-order chi connectivity index (χ0) is 16.4. The molecule has 0 radical (unpaired) electrons. The molecule has 0 unspecified atom stereocenters. The van der Waals surface area contributed by atoms with Crippen molar-refractivity contribution >= 4 is 39.4 Å². The highest BCUT2D eigenvalue weighted by molar-refractivity contribution is 8.76. The number of hydrogen-bond donors (Lipinski definition) is 2. The maximum atomic E-state index is 12.1. The summed E-state index contributed by atoms with van der Waals surface area (Å²) in [7, 11) is 4.45. The van der Waals surface area contributed by atoms with Crippen LogP contribution in [-0.4, -0.2) is 48.5 Å². The lowest BCUT2D eigenvalue weighted by atomic mass is 10.2. The summed E-state index contributed by atoms with van der Waals surface area (Å²) in [6, 6.07) is -1.40. The number of allylic oxidation sites excluding steroid dienone is 2. The standard InChI is InChI=1S/C14H22N2O4S2/c1-10-13(18)16-11(14(19)20-2)9-22-21-8-6-4-3-5-7-12(17)15-10/h3-4,10-11H,5-9H2,1-2H3,(H,15,17)(H,16,18)/b4-3+/t10-,11-/m1/s1. The van der Waals surface area contributed by atoms with Crippen molar-refractivity contribution in [1.82, 2.24) is 10.6 Å². The Labute approximate surface area is 138 Å². The van der Waals surface area contributed by atoms with Crippen LogP contribution in [0, 0.1) is 0 Å². The maximum Gasteiger partial charge on any atom is 0.329 e. The van der Waals surface area contributed by atoms with Gasteiger partial charge in [-0.15, -0.1) is 0 Å². The molecule has 2 amide bonds. The molecule has 0 aromatic heterocycles. The fraction of sp³-hybridized carbons (Fsp3) is 0.643. The van der Waals surface area contributed by atoms with Crippen LogP contribution in [0.25, 0.3) is 0 Å². The summed E-state index contributed by atoms with van der Waals surface area (Å²) in [5, 5.41) is 5.26. The summed E-state index contributed by atoms with van der Waals surface area (Å²) >= 11 is 0. The van der Waals surface area contributed by atoms with Gasteiger partial charge in [-0.2, -0.15) is 0 Å². The van der Waals surface area contributed by atoms with Crippen molar-refractivity contribution in [2.45, 2.75) is 38.3 Å². The zero-order valence-electron chi connectivity index (χ0n) is 12.8. The molecule has 2 N–H and O–H groups in total. The lowest BCUT2D eigenvalue weighted by molar-refractivity contribution is -0.144. The van der Waals surface area contributed by atoms with Crippen LogP contribution in [0.3, 0.4) is 0 Å². The Balaban J connectivity index is 2.70. The van der Waals surface area contributed by atoms with E-state index >= 15 is 0 Å². The van der Waals surface area contributed by atoms with Gasteiger partial charge in [-0.05, 0) is 19.8 Å². The van der Waals surface area contributed by atoms with Crippen LogP contribution in [0.4, 0.5) is 0 Å². The Bertz CT molecular complexity index is 429. The average molecular weight is 346 g/mol. The third-order valence-electron chi connectivity index (χ3n) is 2.96. The van der Waals surface area contributed by atoms with E-state index in [-0.39, 0.29) is 11.8 Å². The molecule has 8 heteroatoms. The summed E-state index contributed by atoms with van der Waals surface area (Å²) in [5.41, 5.74) is 0. The van der Waals surface area contributed by atoms with Crippen LogP contribution >= 0.6 is 21.6 Å². The van der Waals surface area contributed by atoms with Gasteiger partial charge in [0.15, 0.2) is 0 Å². The normalized spacial score (nSPS) is 26.8. The molecule has 0 bridgehead atoms. The highest BCUT2D eigenvalue weighted by Gasteiger charge is 2.25. The van der Waals surface area contributed by atoms with E-state index in [1.165, 1.54) is 17.9 Å². The summed E-state index contributed by atoms with van der Waals surface area (Å²) in [5.74, 6) is 0.281. The van der Waals surface area contributed by atoms with E-state index in [1.807, 2.05) is 12.2 Å². The zero-order valence-corrected chi connectivity index (χ0v) is 14.4. The Hall–Kier alpha value is -1.15. The second kappa shape index (κ2) is 10.6. The van der Waals surface area contributed by atoms with E-state index in [1.54, 1.807) is 17.7 Å². The summed E-state index contributed by atoms with van der Waals surface area (Å²) in [4.78, 5) is 35.5. The van der Waals surface area contributed by atoms with Gasteiger partial charge in [0.1, 0.15) is 12.1 Å². The third-order valence-corrected chi connectivity index (χ3v) is 5.41. The molecular weight excluding hydrogens is 324 g/mol. The van der Waals surface area contributed by atoms with Crippen molar-refractivity contribution in [3.8, 4) is 0 Å². The second-order valence-electron chi connectivity index (χ2n) is 4.78. The number of rotatable bonds is 1. The predicted octanol–water partition coefficient (Wildman–Crippen LogP) is 1.27. The SMILES string of the molecule is COC(=O)[C@H]1CSSCC/C=C/CCC(=O)N[C@H](C)C(=O)N1. The fourth-order valence-electron chi connectivity index (χ4n) is 1.73. The number of amides is 2. The van der Waals surface area contributed by atoms with Gasteiger partial charge in [0, 0.05) is 17.9 Å². The minimum absolute atomic E-state index is 0.180. The van der Waals surface area contributed by atoms with Crippen LogP contribution < -0.4 is 10.6 Å². The Kier molecular flexibility index (Phi) is 9.07. The monoisotopic (exact) mass is 346 g/mol. The molecule has 0 aromatic carbocycles. The molecule has 1 aliphatic rings. The van der Waals surface area contributed by atoms with Gasteiger partial charge in [0.05, 0.1) is 7.11 Å². The van der Waals surface area contributed by atoms with Crippen molar-refractivity contribution < 1.29 is 19.1 Å². The number of esters is 1. The van der Waals surface area contributed by atoms with Crippen LogP contribution in [0.2, 0.25) is 0 Å². The average Bonchev–Trinajstić information content (AvgIpc) is 2.50. The van der Waals surface area contributed by atoms with Crippen molar-refractivity contribution in [2.75, 3.05) is 18.6 Å². The smallest absolute Gasteiger partial charge is 0.329 e. The Morgan fingerprint density at radius 1 is 1.23 bits per heavy atom. The molecule has 1 aliphatic heterocycles. The van der Waals surface area contributed by atoms with E-state index in [2.05, 4.69) is 10.6 Å². The van der Waals surface area contributed by atoms with Gasteiger partial charge in [-0.25, -0.2) is 4.79 Å². The van der Waals surface area contributed by atoms with Gasteiger partial charge < -0.3 is 15.4 Å². The quantitative estimate of drug-likeness (QED) is 0.423. The highest BCUT2D eigenvalue weighted by atomic mass is 33.1. The first-order valence-corrected chi connectivity index (χ1v) is 9.60. The second-order valence-corrected chi connectivity index (χ2v) is 7.41. The summed E-state index contributed by atoms with van der Waals surface area (Å²) < 4.78 is 4.71. The predicted molar refractivity (Wildman–Crippen MR) is 89.5 cm³/mol. The van der Waals surface area contributed by atoms with Gasteiger partial charge in [0.25, 0.3) is 0 Å². The topological polar surface area (TPSA) is 84.5 Å². The van der Waals surface area contributed by atoms with E-state index in [4.69, 9.17) is 4.74 Å². The van der Waals surface area contributed by atoms with Gasteiger partial charge in [-0.3, -0.25) is 9.59 Å². The maximum absolute atomic E-state index is 12.1. The van der Waals surface area contributed by atoms with E-state index in [0.29, 0.717) is 18.6 Å². The fourth-order valence-corrected chi connectivity index (χ4v) is 3.87. The molecule has 0 spiro atoms. The number of carbonyl (C=O) groups excluding carboxylic acids is 3. The molecule has 0 aromatic rings. The number of carbonyl (C=O) groups is 3. The molecule has 0 saturated heterocycles. The van der Waals surface area contributed by atoms with E-state index < -0.39 is 18.1 Å². The van der Waals surface area contributed by atoms with E-state index in [9.17, 15) is 14.4 Å². The van der Waals surface area contributed by atoms with Crippen molar-refractivity contribution in [1.29, 1.82) is 0 Å². The van der Waals surface area contributed by atoms with Crippen LogP contribution in [0.5, 0.6) is 0 Å². The number of methoxy groups -OCH3 is 1. The highest BCUT2D eigenvalue weighted by Crippen LogP contribution is 2.23. The molecule has 1 heterocycles. The third kappa shape index (κ3) is 7.22. The summed E-state index contributed by atoms with van der Waals surface area (Å²) in [6.45, 7) is 1.59. The molecule has 2 atom stereocenters. The minimum atomic E-state index is -0.713. The largest absolute Gasteiger partial charge is 0.467 e. The number of hydrogen-bond acceptors (Lipinski definition) is 6. The van der Waals surface area contributed by atoms with Crippen LogP contribution in [-0.2, 0) is 19.1 Å². The Morgan fingerprint density at radius 2 is 1.95 bits per heavy atom. The first-order valence-electron chi connectivity index (χ1n) is 7.11. The molecular formula is C14H22N2O4S2. The molecule has 0 aliphatic carbocycles. The van der Waals surface area contributed by atoms with Gasteiger partial charge >= 0.3 is 5.97 Å². The van der Waals surface area contributed by atoms with Crippen LogP contribution in [0.1, 0.15) is 26.2 Å². The van der Waals surface area contributed by atoms with Crippen molar-refractivity contribution in [2.24, 2.45) is 0 Å². The van der Waals surface area contributed by atoms with Crippen molar-refractivity contribution in [3.05, 3.63) is 12.2 Å². The molecule has 0 fully saturated rings.